The molecular formula is C20H24F6N2O2. The molecule has 10 heteroatoms. The number of piperidine rings is 1. The van der Waals surface area contributed by atoms with Crippen LogP contribution in [0.15, 0.2) is 18.2 Å². The number of rotatable bonds is 4. The second-order valence-electron chi connectivity index (χ2n) is 8.54. The summed E-state index contributed by atoms with van der Waals surface area (Å²) in [5, 5.41) is 6.31. The van der Waals surface area contributed by atoms with Gasteiger partial charge >= 0.3 is 12.4 Å². The highest BCUT2D eigenvalue weighted by Gasteiger charge is 2.44. The SMILES string of the molecule is CC(OCC1(C)CCC2(CCC(=O)N2)CN1)c1cc(C(F)(F)F)cc(C(F)(F)F)c1. The summed E-state index contributed by atoms with van der Waals surface area (Å²) in [6.45, 7) is 3.96. The molecule has 2 aliphatic rings. The zero-order valence-corrected chi connectivity index (χ0v) is 16.6. The first-order valence-electron chi connectivity index (χ1n) is 9.69. The molecular weight excluding hydrogens is 414 g/mol. The van der Waals surface area contributed by atoms with Crippen LogP contribution in [0.25, 0.3) is 0 Å². The molecule has 0 saturated carbocycles. The van der Waals surface area contributed by atoms with Crippen molar-refractivity contribution in [1.82, 2.24) is 10.6 Å². The molecule has 0 radical (unpaired) electrons. The number of halogens is 6. The lowest BCUT2D eigenvalue weighted by atomic mass is 9.80. The molecule has 1 spiro atoms. The predicted molar refractivity (Wildman–Crippen MR) is 96.6 cm³/mol. The molecule has 1 aromatic carbocycles. The van der Waals surface area contributed by atoms with E-state index in [1.807, 2.05) is 6.92 Å². The first-order chi connectivity index (χ1) is 13.7. The summed E-state index contributed by atoms with van der Waals surface area (Å²) in [7, 11) is 0. The third-order valence-electron chi connectivity index (χ3n) is 5.98. The Morgan fingerprint density at radius 3 is 2.07 bits per heavy atom. The van der Waals surface area contributed by atoms with Crippen LogP contribution < -0.4 is 10.6 Å². The van der Waals surface area contributed by atoms with Gasteiger partial charge in [0.15, 0.2) is 0 Å². The molecule has 3 rings (SSSR count). The van der Waals surface area contributed by atoms with Crippen LogP contribution >= 0.6 is 0 Å². The van der Waals surface area contributed by atoms with Gasteiger partial charge in [0.2, 0.25) is 5.91 Å². The van der Waals surface area contributed by atoms with Crippen molar-refractivity contribution in [2.45, 2.75) is 69.1 Å². The molecule has 3 unspecified atom stereocenters. The maximum absolute atomic E-state index is 13.1. The van der Waals surface area contributed by atoms with Crippen LogP contribution in [0.4, 0.5) is 26.3 Å². The number of benzene rings is 1. The van der Waals surface area contributed by atoms with Gasteiger partial charge in [0.1, 0.15) is 0 Å². The highest BCUT2D eigenvalue weighted by molar-refractivity contribution is 5.79. The molecule has 30 heavy (non-hydrogen) atoms. The minimum absolute atomic E-state index is 0.00953. The first-order valence-corrected chi connectivity index (χ1v) is 9.69. The van der Waals surface area contributed by atoms with E-state index in [4.69, 9.17) is 4.74 Å². The van der Waals surface area contributed by atoms with Gasteiger partial charge in [0.05, 0.1) is 29.4 Å². The molecule has 0 aromatic heterocycles. The number of carbonyl (C=O) groups excluding carboxylic acids is 1. The van der Waals surface area contributed by atoms with Gasteiger partial charge in [-0.25, -0.2) is 0 Å². The summed E-state index contributed by atoms with van der Waals surface area (Å²) < 4.78 is 84.1. The fourth-order valence-electron chi connectivity index (χ4n) is 3.91. The zero-order valence-electron chi connectivity index (χ0n) is 16.6. The van der Waals surface area contributed by atoms with Gasteiger partial charge in [-0.2, -0.15) is 26.3 Å². The molecule has 2 aliphatic heterocycles. The van der Waals surface area contributed by atoms with Crippen LogP contribution in [0.2, 0.25) is 0 Å². The predicted octanol–water partition coefficient (Wildman–Crippen LogP) is 4.59. The fourth-order valence-corrected chi connectivity index (χ4v) is 3.91. The van der Waals surface area contributed by atoms with Gasteiger partial charge in [0, 0.05) is 18.5 Å². The number of hydrogen-bond donors (Lipinski definition) is 2. The average molecular weight is 438 g/mol. The zero-order chi connectivity index (χ0) is 22.4. The van der Waals surface area contributed by atoms with Gasteiger partial charge in [-0.05, 0) is 56.9 Å². The van der Waals surface area contributed by atoms with Gasteiger partial charge in [-0.3, -0.25) is 4.79 Å². The van der Waals surface area contributed by atoms with Crippen LogP contribution in [0.5, 0.6) is 0 Å². The lowest BCUT2D eigenvalue weighted by Gasteiger charge is -2.44. The van der Waals surface area contributed by atoms with Crippen molar-refractivity contribution in [1.29, 1.82) is 0 Å². The summed E-state index contributed by atoms with van der Waals surface area (Å²) in [4.78, 5) is 11.5. The molecule has 2 heterocycles. The fraction of sp³-hybridized carbons (Fsp3) is 0.650. The smallest absolute Gasteiger partial charge is 0.372 e. The standard InChI is InChI=1S/C20H24F6N2O2/c1-12(13-7-14(19(21,22)23)9-15(8-13)20(24,25)26)30-11-17(2)5-6-18(10-27-17)4-3-16(29)28-18/h7-9,12,27H,3-6,10-11H2,1-2H3,(H,28,29). The van der Waals surface area contributed by atoms with Gasteiger partial charge in [-0.1, -0.05) is 0 Å². The lowest BCUT2D eigenvalue weighted by Crippen LogP contribution is -2.62. The maximum Gasteiger partial charge on any atom is 0.416 e. The topological polar surface area (TPSA) is 50.4 Å². The van der Waals surface area contributed by atoms with Crippen LogP contribution in [0.3, 0.4) is 0 Å². The second-order valence-corrected chi connectivity index (χ2v) is 8.54. The minimum atomic E-state index is -4.90. The summed E-state index contributed by atoms with van der Waals surface area (Å²) in [6.07, 6.45) is -8.17. The normalized spacial score (nSPS) is 28.6. The van der Waals surface area contributed by atoms with E-state index >= 15 is 0 Å². The molecule has 1 amide bonds. The van der Waals surface area contributed by atoms with E-state index in [-0.39, 0.29) is 29.7 Å². The molecule has 0 aliphatic carbocycles. The Morgan fingerprint density at radius 1 is 1.03 bits per heavy atom. The number of amides is 1. The number of nitrogens with one attached hydrogen (secondary N) is 2. The quantitative estimate of drug-likeness (QED) is 0.676. The van der Waals surface area contributed by atoms with E-state index in [0.29, 0.717) is 31.5 Å². The van der Waals surface area contributed by atoms with E-state index in [1.165, 1.54) is 6.92 Å². The van der Waals surface area contributed by atoms with E-state index in [2.05, 4.69) is 10.6 Å². The van der Waals surface area contributed by atoms with Crippen LogP contribution in [-0.4, -0.2) is 30.1 Å². The summed E-state index contributed by atoms with van der Waals surface area (Å²) >= 11 is 0. The van der Waals surface area contributed by atoms with Crippen molar-refractivity contribution in [3.8, 4) is 0 Å². The molecule has 4 nitrogen and oxygen atoms in total. The van der Waals surface area contributed by atoms with Gasteiger partial charge < -0.3 is 15.4 Å². The monoisotopic (exact) mass is 438 g/mol. The molecule has 0 bridgehead atoms. The van der Waals surface area contributed by atoms with Crippen LogP contribution in [-0.2, 0) is 21.9 Å². The van der Waals surface area contributed by atoms with Crippen molar-refractivity contribution in [3.63, 3.8) is 0 Å². The number of ether oxygens (including phenoxy) is 1. The van der Waals surface area contributed by atoms with Crippen molar-refractivity contribution < 1.29 is 35.9 Å². The van der Waals surface area contributed by atoms with Gasteiger partial charge in [0.25, 0.3) is 0 Å². The molecule has 2 fully saturated rings. The largest absolute Gasteiger partial charge is 0.416 e. The van der Waals surface area contributed by atoms with E-state index in [0.717, 1.165) is 12.8 Å². The maximum atomic E-state index is 13.1. The van der Waals surface area contributed by atoms with Crippen molar-refractivity contribution in [3.05, 3.63) is 34.9 Å². The minimum Gasteiger partial charge on any atom is -0.372 e. The summed E-state index contributed by atoms with van der Waals surface area (Å²) in [5.41, 5.74) is -3.69. The van der Waals surface area contributed by atoms with Crippen molar-refractivity contribution in [2.75, 3.05) is 13.2 Å². The lowest BCUT2D eigenvalue weighted by molar-refractivity contribution is -0.143. The Balaban J connectivity index is 1.69. The number of hydrogen-bond acceptors (Lipinski definition) is 3. The van der Waals surface area contributed by atoms with Crippen molar-refractivity contribution in [2.24, 2.45) is 0 Å². The molecule has 3 atom stereocenters. The Bertz CT molecular complexity index is 765. The first kappa shape index (κ1) is 22.9. The van der Waals surface area contributed by atoms with E-state index in [1.54, 1.807) is 0 Å². The molecule has 2 N–H and O–H groups in total. The van der Waals surface area contributed by atoms with Crippen molar-refractivity contribution >= 4 is 5.91 Å². The van der Waals surface area contributed by atoms with Gasteiger partial charge in [-0.15, -0.1) is 0 Å². The Hall–Kier alpha value is -1.81. The van der Waals surface area contributed by atoms with E-state index < -0.39 is 35.1 Å². The molecule has 2 saturated heterocycles. The third-order valence-corrected chi connectivity index (χ3v) is 5.98. The number of alkyl halides is 6. The average Bonchev–Trinajstić information content (AvgIpc) is 3.02. The third kappa shape index (κ3) is 5.08. The molecule has 1 aromatic rings. The molecule has 168 valence electrons. The summed E-state index contributed by atoms with van der Waals surface area (Å²) in [5.74, 6) is 0.00953. The summed E-state index contributed by atoms with van der Waals surface area (Å²) in [6, 6.07) is 1.49. The second kappa shape index (κ2) is 7.71. The Labute approximate surface area is 170 Å². The van der Waals surface area contributed by atoms with E-state index in [9.17, 15) is 31.1 Å². The number of carbonyl (C=O) groups is 1. The highest BCUT2D eigenvalue weighted by Crippen LogP contribution is 2.38. The van der Waals surface area contributed by atoms with Crippen LogP contribution in [0.1, 0.15) is 62.3 Å². The Morgan fingerprint density at radius 2 is 1.63 bits per heavy atom. The Kier molecular flexibility index (Phi) is 5.87. The highest BCUT2D eigenvalue weighted by atomic mass is 19.4. The van der Waals surface area contributed by atoms with Crippen LogP contribution in [0, 0.1) is 0 Å².